The van der Waals surface area contributed by atoms with Crippen LogP contribution in [0.3, 0.4) is 0 Å². The van der Waals surface area contributed by atoms with Crippen LogP contribution in [-0.4, -0.2) is 40.2 Å². The van der Waals surface area contributed by atoms with Gasteiger partial charge in [-0.2, -0.15) is 5.10 Å². The van der Waals surface area contributed by atoms with Crippen molar-refractivity contribution in [1.29, 1.82) is 0 Å². The Hall–Kier alpha value is -1.85. The van der Waals surface area contributed by atoms with Gasteiger partial charge in [0.2, 0.25) is 5.91 Å². The van der Waals surface area contributed by atoms with E-state index in [1.807, 2.05) is 47.4 Å². The molecule has 5 nitrogen and oxygen atoms in total. The second-order valence-electron chi connectivity index (χ2n) is 6.32. The maximum Gasteiger partial charge on any atom is 0.234 e. The zero-order chi connectivity index (χ0) is 16.8. The number of nitrogens with zero attached hydrogens (tertiary/aromatic N) is 3. The number of nitrogens with one attached hydrogen (secondary N) is 1. The van der Waals surface area contributed by atoms with Crippen molar-refractivity contribution in [3.63, 3.8) is 0 Å². The molecule has 1 amide bonds. The van der Waals surface area contributed by atoms with Crippen molar-refractivity contribution >= 4 is 17.5 Å². The molecule has 1 aromatic carbocycles. The van der Waals surface area contributed by atoms with Gasteiger partial charge >= 0.3 is 0 Å². The number of aromatic nitrogens is 2. The number of hydrogen-bond acceptors (Lipinski definition) is 3. The second kappa shape index (κ2) is 8.31. The van der Waals surface area contributed by atoms with Gasteiger partial charge in [0, 0.05) is 30.5 Å². The number of halogens is 1. The van der Waals surface area contributed by atoms with Crippen molar-refractivity contribution in [3.8, 4) is 0 Å². The molecule has 3 rings (SSSR count). The van der Waals surface area contributed by atoms with E-state index in [0.29, 0.717) is 24.0 Å². The van der Waals surface area contributed by atoms with E-state index in [1.54, 1.807) is 0 Å². The number of piperidine rings is 1. The Kier molecular flexibility index (Phi) is 5.88. The Bertz CT molecular complexity index is 651. The molecule has 1 aliphatic heterocycles. The molecule has 1 aromatic heterocycles. The summed E-state index contributed by atoms with van der Waals surface area (Å²) in [5.41, 5.74) is 0.949. The Labute approximate surface area is 147 Å². The molecule has 0 unspecified atom stereocenters. The van der Waals surface area contributed by atoms with Crippen LogP contribution in [0.15, 0.2) is 42.7 Å². The van der Waals surface area contributed by atoms with E-state index in [0.717, 1.165) is 38.0 Å². The fourth-order valence-electron chi connectivity index (χ4n) is 3.09. The second-order valence-corrected chi connectivity index (χ2v) is 6.72. The summed E-state index contributed by atoms with van der Waals surface area (Å²) >= 11 is 6.11. The van der Waals surface area contributed by atoms with Crippen molar-refractivity contribution < 1.29 is 4.79 Å². The molecule has 0 atom stereocenters. The summed E-state index contributed by atoms with van der Waals surface area (Å²) in [5.74, 6) is 0.702. The summed E-state index contributed by atoms with van der Waals surface area (Å²) in [5, 5.41) is 7.91. The first-order chi connectivity index (χ1) is 11.7. The van der Waals surface area contributed by atoms with Crippen LogP contribution < -0.4 is 5.32 Å². The number of likely N-dealkylation sites (tertiary alicyclic amines) is 1. The third kappa shape index (κ3) is 4.82. The largest absolute Gasteiger partial charge is 0.351 e. The monoisotopic (exact) mass is 346 g/mol. The maximum absolute atomic E-state index is 12.1. The highest BCUT2D eigenvalue weighted by molar-refractivity contribution is 6.31. The molecule has 0 radical (unpaired) electrons. The van der Waals surface area contributed by atoms with Gasteiger partial charge in [-0.05, 0) is 49.5 Å². The molecular formula is C18H23ClN4O. The normalized spacial score (nSPS) is 16.2. The smallest absolute Gasteiger partial charge is 0.234 e. The summed E-state index contributed by atoms with van der Waals surface area (Å²) in [6.07, 6.45) is 6.04. The molecule has 0 spiro atoms. The van der Waals surface area contributed by atoms with E-state index in [2.05, 4.69) is 15.3 Å². The van der Waals surface area contributed by atoms with E-state index < -0.39 is 0 Å². The first kappa shape index (κ1) is 17.0. The molecule has 1 aliphatic rings. The maximum atomic E-state index is 12.1. The first-order valence-electron chi connectivity index (χ1n) is 8.40. The van der Waals surface area contributed by atoms with Crippen LogP contribution in [-0.2, 0) is 17.9 Å². The Morgan fingerprint density at radius 1 is 1.25 bits per heavy atom. The van der Waals surface area contributed by atoms with Gasteiger partial charge in [0.05, 0.1) is 6.54 Å². The van der Waals surface area contributed by atoms with Crippen LogP contribution >= 0.6 is 11.6 Å². The molecule has 128 valence electrons. The lowest BCUT2D eigenvalue weighted by atomic mass is 9.97. The third-order valence-electron chi connectivity index (χ3n) is 4.51. The molecule has 6 heteroatoms. The van der Waals surface area contributed by atoms with E-state index in [9.17, 15) is 4.79 Å². The minimum absolute atomic E-state index is 0.0560. The standard InChI is InChI=1S/C18H23ClN4O/c19-17-5-2-1-4-16(17)12-20-18(24)14-22-10-6-15(7-11-22)13-23-9-3-8-21-23/h1-5,8-9,15H,6-7,10-14H2,(H,20,24). The summed E-state index contributed by atoms with van der Waals surface area (Å²) in [7, 11) is 0. The van der Waals surface area contributed by atoms with Crippen molar-refractivity contribution in [2.45, 2.75) is 25.9 Å². The summed E-state index contributed by atoms with van der Waals surface area (Å²) in [6, 6.07) is 9.55. The minimum atomic E-state index is 0.0560. The van der Waals surface area contributed by atoms with Crippen LogP contribution in [0.5, 0.6) is 0 Å². The van der Waals surface area contributed by atoms with Crippen LogP contribution in [0.25, 0.3) is 0 Å². The Balaban J connectivity index is 1.38. The van der Waals surface area contributed by atoms with Crippen molar-refractivity contribution in [3.05, 3.63) is 53.3 Å². The predicted molar refractivity (Wildman–Crippen MR) is 94.7 cm³/mol. The Morgan fingerprint density at radius 2 is 2.04 bits per heavy atom. The van der Waals surface area contributed by atoms with Gasteiger partial charge in [-0.15, -0.1) is 0 Å². The van der Waals surface area contributed by atoms with Crippen LogP contribution in [0.4, 0.5) is 0 Å². The lowest BCUT2D eigenvalue weighted by molar-refractivity contribution is -0.122. The zero-order valence-corrected chi connectivity index (χ0v) is 14.5. The van der Waals surface area contributed by atoms with Gasteiger partial charge < -0.3 is 5.32 Å². The van der Waals surface area contributed by atoms with Crippen LogP contribution in [0, 0.1) is 5.92 Å². The number of benzene rings is 1. The van der Waals surface area contributed by atoms with Gasteiger partial charge in [-0.3, -0.25) is 14.4 Å². The molecule has 0 aliphatic carbocycles. The number of carbonyl (C=O) groups is 1. The van der Waals surface area contributed by atoms with E-state index in [-0.39, 0.29) is 5.91 Å². The van der Waals surface area contributed by atoms with Crippen LogP contribution in [0.2, 0.25) is 5.02 Å². The molecule has 1 fully saturated rings. The molecule has 0 saturated carbocycles. The average Bonchev–Trinajstić information content (AvgIpc) is 3.09. The molecule has 2 heterocycles. The quantitative estimate of drug-likeness (QED) is 0.874. The minimum Gasteiger partial charge on any atom is -0.351 e. The van der Waals surface area contributed by atoms with E-state index >= 15 is 0 Å². The van der Waals surface area contributed by atoms with Gasteiger partial charge in [0.1, 0.15) is 0 Å². The molecular weight excluding hydrogens is 324 g/mol. The first-order valence-corrected chi connectivity index (χ1v) is 8.78. The summed E-state index contributed by atoms with van der Waals surface area (Å²) in [6.45, 7) is 3.84. The number of rotatable bonds is 6. The lowest BCUT2D eigenvalue weighted by Gasteiger charge is -2.31. The molecule has 24 heavy (non-hydrogen) atoms. The summed E-state index contributed by atoms with van der Waals surface area (Å²) < 4.78 is 2.00. The average molecular weight is 347 g/mol. The SMILES string of the molecule is O=C(CN1CCC(Cn2cccn2)CC1)NCc1ccccc1Cl. The van der Waals surface area contributed by atoms with E-state index in [1.165, 1.54) is 0 Å². The molecule has 1 N–H and O–H groups in total. The highest BCUT2D eigenvalue weighted by atomic mass is 35.5. The molecule has 0 bridgehead atoms. The van der Waals surface area contributed by atoms with E-state index in [4.69, 9.17) is 11.6 Å². The fraction of sp³-hybridized carbons (Fsp3) is 0.444. The van der Waals surface area contributed by atoms with Gasteiger partial charge in [-0.1, -0.05) is 29.8 Å². The number of hydrogen-bond donors (Lipinski definition) is 1. The highest BCUT2D eigenvalue weighted by Crippen LogP contribution is 2.18. The topological polar surface area (TPSA) is 50.2 Å². The zero-order valence-electron chi connectivity index (χ0n) is 13.7. The van der Waals surface area contributed by atoms with Crippen LogP contribution in [0.1, 0.15) is 18.4 Å². The predicted octanol–water partition coefficient (Wildman–Crippen LogP) is 2.56. The van der Waals surface area contributed by atoms with Gasteiger partial charge in [0.15, 0.2) is 0 Å². The van der Waals surface area contributed by atoms with Gasteiger partial charge in [0.25, 0.3) is 0 Å². The lowest BCUT2D eigenvalue weighted by Crippen LogP contribution is -2.41. The third-order valence-corrected chi connectivity index (χ3v) is 4.88. The van der Waals surface area contributed by atoms with Crippen molar-refractivity contribution in [1.82, 2.24) is 20.0 Å². The molecule has 1 saturated heterocycles. The Morgan fingerprint density at radius 3 is 2.75 bits per heavy atom. The summed E-state index contributed by atoms with van der Waals surface area (Å²) in [4.78, 5) is 14.3. The molecule has 2 aromatic rings. The van der Waals surface area contributed by atoms with Crippen molar-refractivity contribution in [2.75, 3.05) is 19.6 Å². The number of amides is 1. The number of carbonyl (C=O) groups excluding carboxylic acids is 1. The fourth-order valence-corrected chi connectivity index (χ4v) is 3.30. The highest BCUT2D eigenvalue weighted by Gasteiger charge is 2.21. The van der Waals surface area contributed by atoms with Gasteiger partial charge in [-0.25, -0.2) is 0 Å². The van der Waals surface area contributed by atoms with Crippen molar-refractivity contribution in [2.24, 2.45) is 5.92 Å².